The number of anilines is 2. The van der Waals surface area contributed by atoms with Crippen LogP contribution in [-0.2, 0) is 22.0 Å². The van der Waals surface area contributed by atoms with Crippen molar-refractivity contribution in [2.75, 3.05) is 42.3 Å². The van der Waals surface area contributed by atoms with Crippen LogP contribution in [0.1, 0.15) is 18.5 Å². The summed E-state index contributed by atoms with van der Waals surface area (Å²) in [5, 5.41) is 3.60. The number of aromatic nitrogens is 1. The van der Waals surface area contributed by atoms with E-state index in [0.717, 1.165) is 67.7 Å². The Hall–Kier alpha value is -2.19. The summed E-state index contributed by atoms with van der Waals surface area (Å²) in [4.78, 5) is 7.84. The molecule has 2 fully saturated rings. The minimum Gasteiger partial charge on any atom is -0.487 e. The van der Waals surface area contributed by atoms with Crippen molar-refractivity contribution < 1.29 is 18.1 Å². The molecule has 1 atom stereocenters. The lowest BCUT2D eigenvalue weighted by Gasteiger charge is -2.40. The SMILES string of the molecule is O=[S@]1CCc2nc(N3CC(Oc4ccc(F)cc4)C3)cc(NC3CCOCC3)c21. The highest BCUT2D eigenvalue weighted by Crippen LogP contribution is 2.35. The third kappa shape index (κ3) is 3.96. The Morgan fingerprint density at radius 1 is 1.21 bits per heavy atom. The monoisotopic (exact) mass is 417 g/mol. The Bertz CT molecular complexity index is 912. The van der Waals surface area contributed by atoms with Crippen LogP contribution in [0.2, 0.25) is 0 Å². The van der Waals surface area contributed by atoms with Crippen molar-refractivity contribution in [3.8, 4) is 5.75 Å². The molecule has 2 saturated heterocycles. The second-order valence-corrected chi connectivity index (χ2v) is 9.24. The molecule has 1 N–H and O–H groups in total. The maximum Gasteiger partial charge on any atom is 0.134 e. The summed E-state index contributed by atoms with van der Waals surface area (Å²) in [6.07, 6.45) is 2.71. The maximum absolute atomic E-state index is 13.0. The van der Waals surface area contributed by atoms with Crippen LogP contribution < -0.4 is 15.0 Å². The standard InChI is InChI=1S/C21H24FN3O3S/c22-14-1-3-16(4-2-14)28-17-12-25(13-17)20-11-19(23-15-5-8-27-9-6-15)21-18(24-20)7-10-29(21)26/h1-4,11,15,17H,5-10,12-13H2,(H,23,24)/t29-/m0/s1. The van der Waals surface area contributed by atoms with Gasteiger partial charge < -0.3 is 19.7 Å². The van der Waals surface area contributed by atoms with E-state index in [1.807, 2.05) is 6.07 Å². The van der Waals surface area contributed by atoms with Gasteiger partial charge in [-0.2, -0.15) is 0 Å². The van der Waals surface area contributed by atoms with E-state index < -0.39 is 10.8 Å². The molecular weight excluding hydrogens is 393 g/mol. The molecule has 0 radical (unpaired) electrons. The van der Waals surface area contributed by atoms with Gasteiger partial charge in [-0.05, 0) is 37.1 Å². The quantitative estimate of drug-likeness (QED) is 0.807. The molecule has 1 aromatic carbocycles. The number of hydrogen-bond donors (Lipinski definition) is 1. The average Bonchev–Trinajstić information content (AvgIpc) is 3.08. The number of aryl methyl sites for hydroxylation is 1. The first-order valence-electron chi connectivity index (χ1n) is 10.1. The number of hydrogen-bond acceptors (Lipinski definition) is 6. The molecule has 3 aliphatic heterocycles. The molecule has 0 bridgehead atoms. The van der Waals surface area contributed by atoms with Crippen LogP contribution in [0, 0.1) is 5.82 Å². The Labute approximate surface area is 171 Å². The van der Waals surface area contributed by atoms with Crippen molar-refractivity contribution in [3.05, 3.63) is 41.8 Å². The largest absolute Gasteiger partial charge is 0.487 e. The third-order valence-corrected chi connectivity index (χ3v) is 7.14. The molecule has 0 aliphatic carbocycles. The van der Waals surface area contributed by atoms with E-state index in [0.29, 0.717) is 17.5 Å². The number of ether oxygens (including phenoxy) is 2. The molecule has 1 aromatic heterocycles. The lowest BCUT2D eigenvalue weighted by Crippen LogP contribution is -2.54. The van der Waals surface area contributed by atoms with E-state index in [1.165, 1.54) is 12.1 Å². The van der Waals surface area contributed by atoms with Gasteiger partial charge in [-0.3, -0.25) is 4.21 Å². The molecule has 5 rings (SSSR count). The average molecular weight is 418 g/mol. The van der Waals surface area contributed by atoms with Crippen LogP contribution in [0.5, 0.6) is 5.75 Å². The first-order chi connectivity index (χ1) is 14.2. The summed E-state index contributed by atoms with van der Waals surface area (Å²) in [5.74, 6) is 1.95. The highest BCUT2D eigenvalue weighted by molar-refractivity contribution is 7.85. The van der Waals surface area contributed by atoms with Crippen molar-refractivity contribution in [2.45, 2.75) is 36.3 Å². The van der Waals surface area contributed by atoms with Crippen molar-refractivity contribution in [1.29, 1.82) is 0 Å². The Kier molecular flexibility index (Phi) is 5.13. The van der Waals surface area contributed by atoms with Gasteiger partial charge in [-0.25, -0.2) is 9.37 Å². The van der Waals surface area contributed by atoms with Crippen molar-refractivity contribution in [3.63, 3.8) is 0 Å². The molecule has 2 aromatic rings. The summed E-state index contributed by atoms with van der Waals surface area (Å²) in [7, 11) is -0.985. The number of benzene rings is 1. The zero-order valence-electron chi connectivity index (χ0n) is 16.1. The predicted octanol–water partition coefficient (Wildman–Crippen LogP) is 2.74. The highest BCUT2D eigenvalue weighted by Gasteiger charge is 2.33. The van der Waals surface area contributed by atoms with Crippen LogP contribution in [0.25, 0.3) is 0 Å². The Balaban J connectivity index is 1.30. The first-order valence-corrected chi connectivity index (χ1v) is 11.4. The van der Waals surface area contributed by atoms with Crippen LogP contribution in [-0.4, -0.2) is 53.4 Å². The van der Waals surface area contributed by atoms with E-state index in [9.17, 15) is 8.60 Å². The zero-order valence-corrected chi connectivity index (χ0v) is 16.9. The van der Waals surface area contributed by atoms with Gasteiger partial charge in [0.25, 0.3) is 0 Å². The normalized spacial score (nSPS) is 22.2. The fraction of sp³-hybridized carbons (Fsp3) is 0.476. The van der Waals surface area contributed by atoms with Gasteiger partial charge >= 0.3 is 0 Å². The van der Waals surface area contributed by atoms with E-state index in [-0.39, 0.29) is 11.9 Å². The fourth-order valence-corrected chi connectivity index (χ4v) is 5.38. The summed E-state index contributed by atoms with van der Waals surface area (Å²) < 4.78 is 36.9. The molecule has 3 aliphatic rings. The molecule has 29 heavy (non-hydrogen) atoms. The number of nitrogens with one attached hydrogen (secondary N) is 1. The van der Waals surface area contributed by atoms with Crippen LogP contribution >= 0.6 is 0 Å². The van der Waals surface area contributed by atoms with E-state index in [1.54, 1.807) is 12.1 Å². The molecule has 0 spiro atoms. The van der Waals surface area contributed by atoms with Gasteiger partial charge in [0.15, 0.2) is 0 Å². The number of halogens is 1. The lowest BCUT2D eigenvalue weighted by atomic mass is 10.1. The molecule has 6 nitrogen and oxygen atoms in total. The van der Waals surface area contributed by atoms with Crippen LogP contribution in [0.4, 0.5) is 15.9 Å². The smallest absolute Gasteiger partial charge is 0.134 e. The number of fused-ring (bicyclic) bond motifs is 1. The van der Waals surface area contributed by atoms with Crippen molar-refractivity contribution >= 4 is 22.3 Å². The molecule has 0 saturated carbocycles. The zero-order chi connectivity index (χ0) is 19.8. The van der Waals surface area contributed by atoms with E-state index >= 15 is 0 Å². The molecule has 0 unspecified atom stereocenters. The second kappa shape index (κ2) is 7.91. The molecule has 4 heterocycles. The summed E-state index contributed by atoms with van der Waals surface area (Å²) in [5.41, 5.74) is 1.90. The Morgan fingerprint density at radius 2 is 1.97 bits per heavy atom. The van der Waals surface area contributed by atoms with Crippen LogP contribution in [0.3, 0.4) is 0 Å². The number of pyridine rings is 1. The van der Waals surface area contributed by atoms with E-state index in [2.05, 4.69) is 10.2 Å². The number of nitrogens with zero attached hydrogens (tertiary/aromatic N) is 2. The minimum atomic E-state index is -0.985. The van der Waals surface area contributed by atoms with Gasteiger partial charge in [0.1, 0.15) is 23.5 Å². The number of rotatable bonds is 5. The minimum absolute atomic E-state index is 0.0524. The van der Waals surface area contributed by atoms with Crippen LogP contribution in [0.15, 0.2) is 35.2 Å². The van der Waals surface area contributed by atoms with Gasteiger partial charge in [0, 0.05) is 37.5 Å². The second-order valence-electron chi connectivity index (χ2n) is 7.73. The summed E-state index contributed by atoms with van der Waals surface area (Å²) in [6, 6.07) is 8.48. The molecule has 154 valence electrons. The van der Waals surface area contributed by atoms with Gasteiger partial charge in [-0.15, -0.1) is 0 Å². The fourth-order valence-electron chi connectivity index (χ4n) is 4.02. The highest BCUT2D eigenvalue weighted by atomic mass is 32.2. The first kappa shape index (κ1) is 18.8. The van der Waals surface area contributed by atoms with Crippen molar-refractivity contribution in [2.24, 2.45) is 0 Å². The van der Waals surface area contributed by atoms with Gasteiger partial charge in [0.2, 0.25) is 0 Å². The predicted molar refractivity (Wildman–Crippen MR) is 110 cm³/mol. The Morgan fingerprint density at radius 3 is 2.72 bits per heavy atom. The maximum atomic E-state index is 13.0. The molecule has 0 amide bonds. The molecule has 8 heteroatoms. The van der Waals surface area contributed by atoms with Crippen molar-refractivity contribution in [1.82, 2.24) is 4.98 Å². The third-order valence-electron chi connectivity index (χ3n) is 5.65. The summed E-state index contributed by atoms with van der Waals surface area (Å²) in [6.45, 7) is 2.97. The molecular formula is C21H24FN3O3S. The van der Waals surface area contributed by atoms with E-state index in [4.69, 9.17) is 14.5 Å². The summed E-state index contributed by atoms with van der Waals surface area (Å²) >= 11 is 0. The topological polar surface area (TPSA) is 63.7 Å². The van der Waals surface area contributed by atoms with Gasteiger partial charge in [0.05, 0.1) is 40.2 Å². The van der Waals surface area contributed by atoms with Gasteiger partial charge in [-0.1, -0.05) is 0 Å². The lowest BCUT2D eigenvalue weighted by molar-refractivity contribution is 0.0904.